The SMILES string of the molecule is OCCC1COCCC1Cl. The molecule has 0 aromatic heterocycles. The quantitative estimate of drug-likeness (QED) is 0.618. The summed E-state index contributed by atoms with van der Waals surface area (Å²) in [4.78, 5) is 0. The summed E-state index contributed by atoms with van der Waals surface area (Å²) in [5.74, 6) is 0.361. The molecule has 0 saturated carbocycles. The molecular weight excluding hydrogens is 152 g/mol. The number of hydrogen-bond acceptors (Lipinski definition) is 2. The maximum absolute atomic E-state index is 8.62. The Kier molecular flexibility index (Phi) is 3.46. The number of hydrogen-bond donors (Lipinski definition) is 1. The third-order valence-electron chi connectivity index (χ3n) is 1.88. The Morgan fingerprint density at radius 1 is 1.60 bits per heavy atom. The van der Waals surface area contributed by atoms with Gasteiger partial charge in [-0.05, 0) is 12.8 Å². The van der Waals surface area contributed by atoms with Crippen LogP contribution in [0.4, 0.5) is 0 Å². The van der Waals surface area contributed by atoms with Crippen LogP contribution in [0.15, 0.2) is 0 Å². The molecule has 60 valence electrons. The highest BCUT2D eigenvalue weighted by atomic mass is 35.5. The molecule has 1 aliphatic heterocycles. The molecule has 1 saturated heterocycles. The third-order valence-corrected chi connectivity index (χ3v) is 2.46. The van der Waals surface area contributed by atoms with Gasteiger partial charge in [0.2, 0.25) is 0 Å². The number of alkyl halides is 1. The van der Waals surface area contributed by atoms with Gasteiger partial charge in [0.15, 0.2) is 0 Å². The lowest BCUT2D eigenvalue weighted by atomic mass is 9.99. The predicted octanol–water partition coefficient (Wildman–Crippen LogP) is 1.01. The van der Waals surface area contributed by atoms with E-state index in [-0.39, 0.29) is 12.0 Å². The molecule has 0 aromatic rings. The van der Waals surface area contributed by atoms with E-state index in [0.29, 0.717) is 12.5 Å². The van der Waals surface area contributed by atoms with E-state index >= 15 is 0 Å². The summed E-state index contributed by atoms with van der Waals surface area (Å²) in [5.41, 5.74) is 0. The molecule has 0 aliphatic carbocycles. The molecule has 0 spiro atoms. The van der Waals surface area contributed by atoms with Gasteiger partial charge in [-0.2, -0.15) is 0 Å². The molecule has 0 amide bonds. The summed E-state index contributed by atoms with van der Waals surface area (Å²) in [5, 5.41) is 8.83. The number of ether oxygens (including phenoxy) is 1. The second-order valence-corrected chi connectivity index (χ2v) is 3.21. The fourth-order valence-corrected chi connectivity index (χ4v) is 1.49. The summed E-state index contributed by atoms with van der Waals surface area (Å²) in [6.07, 6.45) is 1.69. The van der Waals surface area contributed by atoms with Crippen molar-refractivity contribution in [3.05, 3.63) is 0 Å². The predicted molar refractivity (Wildman–Crippen MR) is 40.3 cm³/mol. The zero-order chi connectivity index (χ0) is 7.40. The molecule has 0 aromatic carbocycles. The summed E-state index contributed by atoms with van der Waals surface area (Å²) in [6, 6.07) is 0. The monoisotopic (exact) mass is 164 g/mol. The van der Waals surface area contributed by atoms with E-state index in [0.717, 1.165) is 19.4 Å². The third kappa shape index (κ3) is 2.11. The van der Waals surface area contributed by atoms with Crippen LogP contribution in [0.2, 0.25) is 0 Å². The normalized spacial score (nSPS) is 34.2. The Morgan fingerprint density at radius 3 is 3.00 bits per heavy atom. The lowest BCUT2D eigenvalue weighted by molar-refractivity contribution is 0.0475. The van der Waals surface area contributed by atoms with Crippen LogP contribution in [0, 0.1) is 5.92 Å². The van der Waals surface area contributed by atoms with Crippen LogP contribution < -0.4 is 0 Å². The van der Waals surface area contributed by atoms with E-state index in [1.165, 1.54) is 0 Å². The Labute approximate surface area is 66.1 Å². The maximum Gasteiger partial charge on any atom is 0.0509 e. The van der Waals surface area contributed by atoms with Crippen molar-refractivity contribution < 1.29 is 9.84 Å². The van der Waals surface area contributed by atoms with Crippen LogP contribution in [-0.4, -0.2) is 30.3 Å². The molecule has 1 rings (SSSR count). The first-order chi connectivity index (χ1) is 4.84. The number of aliphatic hydroxyl groups excluding tert-OH is 1. The molecule has 0 radical (unpaired) electrons. The molecule has 0 bridgehead atoms. The maximum atomic E-state index is 8.62. The van der Waals surface area contributed by atoms with E-state index in [9.17, 15) is 0 Å². The number of halogens is 1. The Balaban J connectivity index is 2.25. The highest BCUT2D eigenvalue weighted by Crippen LogP contribution is 2.22. The van der Waals surface area contributed by atoms with Crippen LogP contribution in [0.25, 0.3) is 0 Å². The zero-order valence-corrected chi connectivity index (χ0v) is 6.68. The van der Waals surface area contributed by atoms with Crippen molar-refractivity contribution in [1.29, 1.82) is 0 Å². The zero-order valence-electron chi connectivity index (χ0n) is 5.92. The van der Waals surface area contributed by atoms with Gasteiger partial charge in [0.1, 0.15) is 0 Å². The molecule has 1 heterocycles. The van der Waals surface area contributed by atoms with Gasteiger partial charge in [-0.1, -0.05) is 0 Å². The summed E-state index contributed by atoms with van der Waals surface area (Å²) < 4.78 is 5.21. The fraction of sp³-hybridized carbons (Fsp3) is 1.00. The van der Waals surface area contributed by atoms with Crippen molar-refractivity contribution in [3.8, 4) is 0 Å². The molecule has 1 fully saturated rings. The van der Waals surface area contributed by atoms with Gasteiger partial charge in [-0.25, -0.2) is 0 Å². The van der Waals surface area contributed by atoms with Crippen molar-refractivity contribution >= 4 is 11.6 Å². The molecule has 2 nitrogen and oxygen atoms in total. The molecule has 10 heavy (non-hydrogen) atoms. The summed E-state index contributed by atoms with van der Waals surface area (Å²) >= 11 is 5.97. The number of rotatable bonds is 2. The Morgan fingerprint density at radius 2 is 2.40 bits per heavy atom. The molecular formula is C7H13ClO2. The largest absolute Gasteiger partial charge is 0.396 e. The molecule has 2 unspecified atom stereocenters. The minimum absolute atomic E-state index is 0.209. The average molecular weight is 165 g/mol. The topological polar surface area (TPSA) is 29.5 Å². The fourth-order valence-electron chi connectivity index (χ4n) is 1.20. The Bertz CT molecular complexity index is 95.6. The van der Waals surface area contributed by atoms with Crippen molar-refractivity contribution in [3.63, 3.8) is 0 Å². The molecule has 1 N–H and O–H groups in total. The van der Waals surface area contributed by atoms with Crippen LogP contribution in [0.1, 0.15) is 12.8 Å². The van der Waals surface area contributed by atoms with Crippen LogP contribution in [0.5, 0.6) is 0 Å². The minimum atomic E-state index is 0.209. The number of aliphatic hydroxyl groups is 1. The van der Waals surface area contributed by atoms with E-state index in [4.69, 9.17) is 21.4 Å². The van der Waals surface area contributed by atoms with Crippen LogP contribution >= 0.6 is 11.6 Å². The second-order valence-electron chi connectivity index (χ2n) is 2.65. The lowest BCUT2D eigenvalue weighted by Crippen LogP contribution is -2.28. The summed E-state index contributed by atoms with van der Waals surface area (Å²) in [7, 11) is 0. The van der Waals surface area contributed by atoms with Crippen LogP contribution in [-0.2, 0) is 4.74 Å². The smallest absolute Gasteiger partial charge is 0.0509 e. The van der Waals surface area contributed by atoms with E-state index in [1.807, 2.05) is 0 Å². The highest BCUT2D eigenvalue weighted by Gasteiger charge is 2.22. The average Bonchev–Trinajstić information content (AvgIpc) is 1.94. The first kappa shape index (κ1) is 8.31. The molecule has 2 atom stereocenters. The van der Waals surface area contributed by atoms with Gasteiger partial charge in [0.25, 0.3) is 0 Å². The van der Waals surface area contributed by atoms with Crippen molar-refractivity contribution in [1.82, 2.24) is 0 Å². The highest BCUT2D eigenvalue weighted by molar-refractivity contribution is 6.20. The Hall–Kier alpha value is 0.210. The van der Waals surface area contributed by atoms with Gasteiger partial charge < -0.3 is 9.84 Å². The van der Waals surface area contributed by atoms with Crippen molar-refractivity contribution in [2.45, 2.75) is 18.2 Å². The van der Waals surface area contributed by atoms with E-state index in [2.05, 4.69) is 0 Å². The second kappa shape index (κ2) is 4.16. The van der Waals surface area contributed by atoms with Gasteiger partial charge in [-0.3, -0.25) is 0 Å². The van der Waals surface area contributed by atoms with Gasteiger partial charge in [0, 0.05) is 24.5 Å². The van der Waals surface area contributed by atoms with E-state index < -0.39 is 0 Å². The van der Waals surface area contributed by atoms with E-state index in [1.54, 1.807) is 0 Å². The summed E-state index contributed by atoms with van der Waals surface area (Å²) in [6.45, 7) is 1.71. The first-order valence-corrected chi connectivity index (χ1v) is 4.11. The van der Waals surface area contributed by atoms with Gasteiger partial charge in [-0.15, -0.1) is 11.6 Å². The standard InChI is InChI=1S/C7H13ClO2/c8-7-2-4-10-5-6(7)1-3-9/h6-7,9H,1-5H2. The van der Waals surface area contributed by atoms with Gasteiger partial charge in [0.05, 0.1) is 6.61 Å². The van der Waals surface area contributed by atoms with Crippen LogP contribution in [0.3, 0.4) is 0 Å². The van der Waals surface area contributed by atoms with Crippen molar-refractivity contribution in [2.24, 2.45) is 5.92 Å². The van der Waals surface area contributed by atoms with Gasteiger partial charge >= 0.3 is 0 Å². The minimum Gasteiger partial charge on any atom is -0.396 e. The molecule has 3 heteroatoms. The lowest BCUT2D eigenvalue weighted by Gasteiger charge is -2.26. The first-order valence-electron chi connectivity index (χ1n) is 3.67. The van der Waals surface area contributed by atoms with Crippen molar-refractivity contribution in [2.75, 3.05) is 19.8 Å². The molecule has 1 aliphatic rings.